The normalized spacial score (nSPS) is 10.5. The lowest BCUT2D eigenvalue weighted by atomic mass is 10.1. The Morgan fingerprint density at radius 1 is 1.00 bits per heavy atom. The molecule has 0 aliphatic heterocycles. The van der Waals surface area contributed by atoms with Gasteiger partial charge in [-0.2, -0.15) is 0 Å². The number of rotatable bonds is 5. The topological polar surface area (TPSA) is 46.2 Å². The molecular weight excluding hydrogens is 294 g/mol. The second-order valence-electron chi connectivity index (χ2n) is 5.28. The molecule has 22 heavy (non-hydrogen) atoms. The highest BCUT2D eigenvalue weighted by atomic mass is 32.2. The van der Waals surface area contributed by atoms with Gasteiger partial charge in [-0.15, -0.1) is 11.8 Å². The molecule has 0 aliphatic rings. The highest BCUT2D eigenvalue weighted by Gasteiger charge is 2.08. The zero-order chi connectivity index (χ0) is 16.1. The molecule has 0 saturated heterocycles. The Bertz CT molecular complexity index is 678. The monoisotopic (exact) mass is 313 g/mol. The van der Waals surface area contributed by atoms with Crippen molar-refractivity contribution in [2.75, 3.05) is 5.32 Å². The van der Waals surface area contributed by atoms with Crippen LogP contribution in [-0.2, 0) is 0 Å². The number of hydrogen-bond acceptors (Lipinski definition) is 3. The van der Waals surface area contributed by atoms with E-state index < -0.39 is 0 Å². The minimum Gasteiger partial charge on any atom is -0.322 e. The smallest absolute Gasteiger partial charge is 0.255 e. The van der Waals surface area contributed by atoms with E-state index in [2.05, 4.69) is 19.2 Å². The average Bonchev–Trinajstić information content (AvgIpc) is 2.47. The summed E-state index contributed by atoms with van der Waals surface area (Å²) >= 11 is 1.72. The lowest BCUT2D eigenvalue weighted by molar-refractivity contribution is 0.101. The fraction of sp³-hybridized carbons (Fsp3) is 0.222. The van der Waals surface area contributed by atoms with Crippen molar-refractivity contribution < 1.29 is 9.59 Å². The number of carbonyl (C=O) groups excluding carboxylic acids is 2. The van der Waals surface area contributed by atoms with Gasteiger partial charge in [0.2, 0.25) is 0 Å². The molecule has 2 rings (SSSR count). The number of carbonyl (C=O) groups is 2. The van der Waals surface area contributed by atoms with Crippen molar-refractivity contribution in [2.45, 2.75) is 30.9 Å². The number of nitrogens with one attached hydrogen (secondary N) is 1. The minimum absolute atomic E-state index is 0.0105. The van der Waals surface area contributed by atoms with Crippen molar-refractivity contribution in [3.05, 3.63) is 59.7 Å². The van der Waals surface area contributed by atoms with Crippen molar-refractivity contribution in [3.8, 4) is 0 Å². The van der Waals surface area contributed by atoms with Gasteiger partial charge in [-0.05, 0) is 49.4 Å². The molecule has 0 atom stereocenters. The molecule has 0 radical (unpaired) electrons. The van der Waals surface area contributed by atoms with Crippen LogP contribution in [0, 0.1) is 0 Å². The van der Waals surface area contributed by atoms with Crippen molar-refractivity contribution >= 4 is 29.1 Å². The molecule has 0 unspecified atom stereocenters. The lowest BCUT2D eigenvalue weighted by Crippen LogP contribution is -2.12. The predicted molar refractivity (Wildman–Crippen MR) is 91.8 cm³/mol. The molecule has 0 bridgehead atoms. The molecule has 1 amide bonds. The number of thioether (sulfide) groups is 1. The molecule has 0 aromatic heterocycles. The zero-order valence-electron chi connectivity index (χ0n) is 12.9. The first-order valence-electron chi connectivity index (χ1n) is 7.15. The summed E-state index contributed by atoms with van der Waals surface area (Å²) in [5.74, 6) is -0.141. The average molecular weight is 313 g/mol. The largest absolute Gasteiger partial charge is 0.322 e. The van der Waals surface area contributed by atoms with Gasteiger partial charge in [-0.25, -0.2) is 0 Å². The van der Waals surface area contributed by atoms with E-state index >= 15 is 0 Å². The highest BCUT2D eigenvalue weighted by molar-refractivity contribution is 7.99. The molecule has 2 aromatic carbocycles. The van der Waals surface area contributed by atoms with Crippen molar-refractivity contribution in [1.29, 1.82) is 0 Å². The number of anilines is 1. The number of benzene rings is 2. The highest BCUT2D eigenvalue weighted by Crippen LogP contribution is 2.24. The predicted octanol–water partition coefficient (Wildman–Crippen LogP) is 4.64. The van der Waals surface area contributed by atoms with Crippen molar-refractivity contribution in [2.24, 2.45) is 0 Å². The Labute approximate surface area is 135 Å². The molecule has 0 aliphatic carbocycles. The Morgan fingerprint density at radius 3 is 2.27 bits per heavy atom. The maximum Gasteiger partial charge on any atom is 0.255 e. The molecule has 3 nitrogen and oxygen atoms in total. The molecule has 0 fully saturated rings. The summed E-state index contributed by atoms with van der Waals surface area (Å²) in [5, 5.41) is 3.32. The van der Waals surface area contributed by atoms with Crippen LogP contribution in [0.1, 0.15) is 41.5 Å². The summed E-state index contributed by atoms with van der Waals surface area (Å²) in [6, 6.07) is 14.5. The summed E-state index contributed by atoms with van der Waals surface area (Å²) in [6.07, 6.45) is 0. The van der Waals surface area contributed by atoms with E-state index in [1.807, 2.05) is 18.2 Å². The van der Waals surface area contributed by atoms with Crippen LogP contribution < -0.4 is 5.32 Å². The zero-order valence-corrected chi connectivity index (χ0v) is 13.7. The lowest BCUT2D eigenvalue weighted by Gasteiger charge is -2.08. The van der Waals surface area contributed by atoms with Crippen LogP contribution >= 0.6 is 11.8 Å². The summed E-state index contributed by atoms with van der Waals surface area (Å²) in [4.78, 5) is 24.6. The summed E-state index contributed by atoms with van der Waals surface area (Å²) in [5.41, 5.74) is 1.94. The number of hydrogen-bond donors (Lipinski definition) is 1. The van der Waals surface area contributed by atoms with Crippen LogP contribution in [0.15, 0.2) is 53.4 Å². The Morgan fingerprint density at radius 2 is 1.68 bits per heavy atom. The van der Waals surface area contributed by atoms with Crippen LogP contribution in [0.5, 0.6) is 0 Å². The third-order valence-corrected chi connectivity index (χ3v) is 4.01. The third kappa shape index (κ3) is 4.46. The second kappa shape index (κ2) is 7.27. The molecule has 1 N–H and O–H groups in total. The fourth-order valence-electron chi connectivity index (χ4n) is 1.97. The third-order valence-electron chi connectivity index (χ3n) is 3.02. The number of amides is 1. The van der Waals surface area contributed by atoms with E-state index in [1.165, 1.54) is 6.92 Å². The molecule has 0 spiro atoms. The van der Waals surface area contributed by atoms with E-state index in [9.17, 15) is 9.59 Å². The van der Waals surface area contributed by atoms with Gasteiger partial charge in [0.05, 0.1) is 0 Å². The standard InChI is InChI=1S/C18H19NO2S/c1-12(2)22-17-6-4-5-15(11-17)18(21)19-16-9-7-14(8-10-16)13(3)20/h4-12H,1-3H3,(H,19,21). The Kier molecular flexibility index (Phi) is 5.39. The van der Waals surface area contributed by atoms with E-state index in [4.69, 9.17) is 0 Å². The summed E-state index contributed by atoms with van der Waals surface area (Å²) in [6.45, 7) is 5.76. The van der Waals surface area contributed by atoms with Crippen LogP contribution in [0.25, 0.3) is 0 Å². The van der Waals surface area contributed by atoms with E-state index in [-0.39, 0.29) is 11.7 Å². The first-order chi connectivity index (χ1) is 10.5. The Balaban J connectivity index is 2.10. The van der Waals surface area contributed by atoms with Gasteiger partial charge in [0.15, 0.2) is 5.78 Å². The van der Waals surface area contributed by atoms with E-state index in [1.54, 1.807) is 42.1 Å². The minimum atomic E-state index is -0.151. The summed E-state index contributed by atoms with van der Waals surface area (Å²) < 4.78 is 0. The Hall–Kier alpha value is -2.07. The first kappa shape index (κ1) is 16.3. The van der Waals surface area contributed by atoms with Gasteiger partial charge in [-0.1, -0.05) is 19.9 Å². The van der Waals surface area contributed by atoms with Crippen molar-refractivity contribution in [3.63, 3.8) is 0 Å². The number of ketones is 1. The van der Waals surface area contributed by atoms with Gasteiger partial charge in [-0.3, -0.25) is 9.59 Å². The van der Waals surface area contributed by atoms with Crippen LogP contribution in [-0.4, -0.2) is 16.9 Å². The molecule has 0 heterocycles. The van der Waals surface area contributed by atoms with Gasteiger partial charge < -0.3 is 5.32 Å². The second-order valence-corrected chi connectivity index (χ2v) is 6.93. The van der Waals surface area contributed by atoms with E-state index in [0.717, 1.165) is 4.90 Å². The fourth-order valence-corrected chi connectivity index (χ4v) is 2.87. The van der Waals surface area contributed by atoms with Crippen LogP contribution in [0.3, 0.4) is 0 Å². The van der Waals surface area contributed by atoms with E-state index in [0.29, 0.717) is 22.1 Å². The van der Waals surface area contributed by atoms with Gasteiger partial charge in [0.25, 0.3) is 5.91 Å². The molecule has 2 aromatic rings. The molecule has 0 saturated carbocycles. The molecular formula is C18H19NO2S. The SMILES string of the molecule is CC(=O)c1ccc(NC(=O)c2cccc(SC(C)C)c2)cc1. The maximum atomic E-state index is 12.3. The number of Topliss-reactive ketones (excluding diaryl/α,β-unsaturated/α-hetero) is 1. The molecule has 114 valence electrons. The quantitative estimate of drug-likeness (QED) is 0.646. The van der Waals surface area contributed by atoms with Crippen molar-refractivity contribution in [1.82, 2.24) is 0 Å². The van der Waals surface area contributed by atoms with Gasteiger partial charge >= 0.3 is 0 Å². The van der Waals surface area contributed by atoms with Gasteiger partial charge in [0, 0.05) is 27.0 Å². The first-order valence-corrected chi connectivity index (χ1v) is 8.03. The molecule has 4 heteroatoms. The maximum absolute atomic E-state index is 12.3. The van der Waals surface area contributed by atoms with Crippen LogP contribution in [0.2, 0.25) is 0 Å². The summed E-state index contributed by atoms with van der Waals surface area (Å²) in [7, 11) is 0. The van der Waals surface area contributed by atoms with Gasteiger partial charge in [0.1, 0.15) is 0 Å². The van der Waals surface area contributed by atoms with Crippen LogP contribution in [0.4, 0.5) is 5.69 Å².